The molecule has 23 heavy (non-hydrogen) atoms. The predicted molar refractivity (Wildman–Crippen MR) is 88.3 cm³/mol. The Morgan fingerprint density at radius 2 is 2.04 bits per heavy atom. The molecule has 0 atom stereocenters. The standard InChI is InChI=1S/C15H19FN4O2S/c1-3-9-20-14(22)17-18-15(20)23-10-13(21)19(4-2)12-7-5-11(16)6-8-12/h5-8H,3-4,9-10H2,1-2H3,(H,17,22). The molecule has 1 N–H and O–H groups in total. The van der Waals surface area contributed by atoms with E-state index in [0.29, 0.717) is 23.9 Å². The van der Waals surface area contributed by atoms with Gasteiger partial charge in [-0.25, -0.2) is 14.3 Å². The predicted octanol–water partition coefficient (Wildman–Crippen LogP) is 2.27. The van der Waals surface area contributed by atoms with Crippen molar-refractivity contribution < 1.29 is 9.18 Å². The van der Waals surface area contributed by atoms with E-state index in [-0.39, 0.29) is 23.2 Å². The summed E-state index contributed by atoms with van der Waals surface area (Å²) in [6.45, 7) is 4.86. The number of aromatic amines is 1. The van der Waals surface area contributed by atoms with Gasteiger partial charge >= 0.3 is 5.69 Å². The maximum absolute atomic E-state index is 13.0. The molecule has 1 aromatic carbocycles. The highest BCUT2D eigenvalue weighted by Gasteiger charge is 2.16. The van der Waals surface area contributed by atoms with Gasteiger partial charge in [0.1, 0.15) is 5.82 Å². The summed E-state index contributed by atoms with van der Waals surface area (Å²) < 4.78 is 14.5. The lowest BCUT2D eigenvalue weighted by Gasteiger charge is -2.20. The third-order valence-corrected chi connectivity index (χ3v) is 4.21. The first-order valence-electron chi connectivity index (χ1n) is 7.40. The van der Waals surface area contributed by atoms with Crippen LogP contribution in [0.15, 0.2) is 34.2 Å². The van der Waals surface area contributed by atoms with Crippen LogP contribution in [0.25, 0.3) is 0 Å². The van der Waals surface area contributed by atoms with Gasteiger partial charge in [-0.3, -0.25) is 9.36 Å². The van der Waals surface area contributed by atoms with Crippen molar-refractivity contribution in [1.82, 2.24) is 14.8 Å². The van der Waals surface area contributed by atoms with E-state index in [1.807, 2.05) is 13.8 Å². The van der Waals surface area contributed by atoms with Crippen LogP contribution in [0.2, 0.25) is 0 Å². The van der Waals surface area contributed by atoms with Crippen molar-refractivity contribution in [3.8, 4) is 0 Å². The van der Waals surface area contributed by atoms with Gasteiger partial charge in [-0.1, -0.05) is 18.7 Å². The number of rotatable bonds is 7. The number of H-pyrrole nitrogens is 1. The first-order valence-corrected chi connectivity index (χ1v) is 8.39. The second kappa shape index (κ2) is 7.96. The van der Waals surface area contributed by atoms with Crippen LogP contribution in [-0.2, 0) is 11.3 Å². The van der Waals surface area contributed by atoms with E-state index in [1.165, 1.54) is 28.5 Å². The number of nitrogens with zero attached hydrogens (tertiary/aromatic N) is 3. The lowest BCUT2D eigenvalue weighted by atomic mass is 10.3. The molecular weight excluding hydrogens is 319 g/mol. The fourth-order valence-corrected chi connectivity index (χ4v) is 3.01. The van der Waals surface area contributed by atoms with E-state index in [0.717, 1.165) is 6.42 Å². The summed E-state index contributed by atoms with van der Waals surface area (Å²) in [5, 5.41) is 6.84. The molecule has 2 aromatic rings. The summed E-state index contributed by atoms with van der Waals surface area (Å²) >= 11 is 1.21. The Morgan fingerprint density at radius 3 is 2.65 bits per heavy atom. The number of hydrogen-bond donors (Lipinski definition) is 1. The summed E-state index contributed by atoms with van der Waals surface area (Å²) in [4.78, 5) is 25.6. The van der Waals surface area contributed by atoms with Gasteiger partial charge in [0.15, 0.2) is 5.16 Å². The smallest absolute Gasteiger partial charge is 0.312 e. The van der Waals surface area contributed by atoms with Crippen molar-refractivity contribution in [2.24, 2.45) is 0 Å². The Kier molecular flexibility index (Phi) is 5.97. The average Bonchev–Trinajstić information content (AvgIpc) is 2.89. The highest BCUT2D eigenvalue weighted by Crippen LogP contribution is 2.19. The summed E-state index contributed by atoms with van der Waals surface area (Å²) in [5.74, 6) is -0.312. The van der Waals surface area contributed by atoms with Gasteiger partial charge < -0.3 is 4.90 Å². The summed E-state index contributed by atoms with van der Waals surface area (Å²) in [5.41, 5.74) is 0.375. The normalized spacial score (nSPS) is 10.7. The van der Waals surface area contributed by atoms with E-state index >= 15 is 0 Å². The fourth-order valence-electron chi connectivity index (χ4n) is 2.16. The number of thioether (sulfide) groups is 1. The topological polar surface area (TPSA) is 71.0 Å². The summed E-state index contributed by atoms with van der Waals surface area (Å²) in [6.07, 6.45) is 0.803. The molecule has 0 fully saturated rings. The molecule has 0 saturated carbocycles. The van der Waals surface area contributed by atoms with E-state index in [9.17, 15) is 14.0 Å². The van der Waals surface area contributed by atoms with Crippen molar-refractivity contribution in [3.05, 3.63) is 40.6 Å². The molecule has 0 aliphatic rings. The molecule has 8 heteroatoms. The second-order valence-electron chi connectivity index (χ2n) is 4.87. The van der Waals surface area contributed by atoms with Gasteiger partial charge in [-0.2, -0.15) is 0 Å². The Morgan fingerprint density at radius 1 is 1.35 bits per heavy atom. The third-order valence-electron chi connectivity index (χ3n) is 3.25. The summed E-state index contributed by atoms with van der Waals surface area (Å²) in [6, 6.07) is 5.79. The van der Waals surface area contributed by atoms with Crippen molar-refractivity contribution in [1.29, 1.82) is 0 Å². The number of carbonyl (C=O) groups excluding carboxylic acids is 1. The van der Waals surface area contributed by atoms with Crippen molar-refractivity contribution in [3.63, 3.8) is 0 Å². The molecule has 0 unspecified atom stereocenters. The van der Waals surface area contributed by atoms with Crippen LogP contribution in [0.3, 0.4) is 0 Å². The average molecular weight is 338 g/mol. The Labute approximate surface area is 137 Å². The Hall–Kier alpha value is -2.09. The highest BCUT2D eigenvalue weighted by molar-refractivity contribution is 7.99. The highest BCUT2D eigenvalue weighted by atomic mass is 32.2. The molecule has 0 saturated heterocycles. The number of aromatic nitrogens is 3. The van der Waals surface area contributed by atoms with Crippen LogP contribution in [0.5, 0.6) is 0 Å². The molecule has 1 aromatic heterocycles. The number of halogens is 1. The third kappa shape index (κ3) is 4.22. The second-order valence-corrected chi connectivity index (χ2v) is 5.81. The van der Waals surface area contributed by atoms with Crippen molar-refractivity contribution >= 4 is 23.4 Å². The van der Waals surface area contributed by atoms with Gasteiger partial charge in [0.2, 0.25) is 5.91 Å². The molecule has 0 radical (unpaired) electrons. The number of benzene rings is 1. The van der Waals surface area contributed by atoms with E-state index in [4.69, 9.17) is 0 Å². The number of carbonyl (C=O) groups is 1. The zero-order valence-corrected chi connectivity index (χ0v) is 13.9. The molecule has 0 aliphatic carbocycles. The minimum absolute atomic E-state index is 0.123. The first kappa shape index (κ1) is 17.3. The lowest BCUT2D eigenvalue weighted by Crippen LogP contribution is -2.32. The van der Waals surface area contributed by atoms with E-state index < -0.39 is 0 Å². The molecule has 124 valence electrons. The molecule has 1 amide bonds. The SMILES string of the molecule is CCCn1c(SCC(=O)N(CC)c2ccc(F)cc2)n[nH]c1=O. The maximum atomic E-state index is 13.0. The van der Waals surface area contributed by atoms with Crippen LogP contribution in [0.1, 0.15) is 20.3 Å². The monoisotopic (exact) mass is 338 g/mol. The van der Waals surface area contributed by atoms with E-state index in [1.54, 1.807) is 17.0 Å². The van der Waals surface area contributed by atoms with Gasteiger partial charge in [0.05, 0.1) is 5.75 Å². The van der Waals surface area contributed by atoms with Crippen LogP contribution in [-0.4, -0.2) is 33.0 Å². The summed E-state index contributed by atoms with van der Waals surface area (Å²) in [7, 11) is 0. The minimum atomic E-state index is -0.341. The van der Waals surface area contributed by atoms with Gasteiger partial charge in [0.25, 0.3) is 0 Å². The molecule has 0 spiro atoms. The zero-order chi connectivity index (χ0) is 16.8. The van der Waals surface area contributed by atoms with Gasteiger partial charge in [-0.15, -0.1) is 5.10 Å². The lowest BCUT2D eigenvalue weighted by molar-refractivity contribution is -0.116. The quantitative estimate of drug-likeness (QED) is 0.786. The molecule has 0 bridgehead atoms. The van der Waals surface area contributed by atoms with Crippen molar-refractivity contribution in [2.75, 3.05) is 17.2 Å². The van der Waals surface area contributed by atoms with E-state index in [2.05, 4.69) is 10.2 Å². The van der Waals surface area contributed by atoms with Crippen LogP contribution < -0.4 is 10.6 Å². The number of hydrogen-bond acceptors (Lipinski definition) is 4. The Bertz CT molecular complexity index is 711. The molecular formula is C15H19FN4O2S. The van der Waals surface area contributed by atoms with Gasteiger partial charge in [-0.05, 0) is 37.6 Å². The minimum Gasteiger partial charge on any atom is -0.312 e. The molecule has 1 heterocycles. The number of amides is 1. The number of anilines is 1. The fraction of sp³-hybridized carbons (Fsp3) is 0.400. The largest absolute Gasteiger partial charge is 0.343 e. The van der Waals surface area contributed by atoms with Crippen molar-refractivity contribution in [2.45, 2.75) is 32.0 Å². The van der Waals surface area contributed by atoms with Crippen LogP contribution in [0, 0.1) is 5.82 Å². The Balaban J connectivity index is 2.06. The molecule has 2 rings (SSSR count). The molecule has 0 aliphatic heterocycles. The maximum Gasteiger partial charge on any atom is 0.343 e. The first-order chi connectivity index (χ1) is 11.1. The zero-order valence-electron chi connectivity index (χ0n) is 13.1. The molecule has 6 nitrogen and oxygen atoms in total. The van der Waals surface area contributed by atoms with Gasteiger partial charge in [0, 0.05) is 18.8 Å². The van der Waals surface area contributed by atoms with Crippen LogP contribution in [0.4, 0.5) is 10.1 Å². The number of nitrogens with one attached hydrogen (secondary N) is 1. The van der Waals surface area contributed by atoms with Crippen LogP contribution >= 0.6 is 11.8 Å².